The van der Waals surface area contributed by atoms with Crippen LogP contribution in [-0.2, 0) is 19.6 Å². The molecule has 0 atom stereocenters. The first kappa shape index (κ1) is 13.7. The van der Waals surface area contributed by atoms with Crippen LogP contribution in [0.2, 0.25) is 0 Å². The van der Waals surface area contributed by atoms with Gasteiger partial charge < -0.3 is 4.57 Å². The number of aryl methyl sites for hydroxylation is 1. The van der Waals surface area contributed by atoms with Crippen LogP contribution in [-0.4, -0.2) is 4.57 Å². The minimum atomic E-state index is -4.28. The maximum absolute atomic E-state index is 12.6. The summed E-state index contributed by atoms with van der Waals surface area (Å²) in [5.74, 6) is 0. The van der Waals surface area contributed by atoms with Crippen LogP contribution >= 0.6 is 0 Å². The quantitative estimate of drug-likeness (QED) is 0.639. The van der Waals surface area contributed by atoms with Crippen molar-refractivity contribution in [1.29, 1.82) is 0 Å². The molecule has 0 unspecified atom stereocenters. The number of halogens is 3. The molecule has 108 valence electrons. The minimum absolute atomic E-state index is 0.607. The van der Waals surface area contributed by atoms with Crippen LogP contribution in [0.5, 0.6) is 0 Å². The second kappa shape index (κ2) is 4.95. The van der Waals surface area contributed by atoms with E-state index in [2.05, 4.69) is 0 Å². The molecular weight excluding hydrogens is 275 g/mol. The lowest BCUT2D eigenvalue weighted by molar-refractivity contribution is -0.137. The number of rotatable bonds is 2. The molecule has 0 amide bonds. The number of alkyl halides is 3. The van der Waals surface area contributed by atoms with E-state index in [1.54, 1.807) is 12.1 Å². The van der Waals surface area contributed by atoms with Crippen LogP contribution in [0.4, 0.5) is 13.2 Å². The fraction of sp³-hybridized carbons (Fsp3) is 0.176. The Morgan fingerprint density at radius 1 is 0.952 bits per heavy atom. The third kappa shape index (κ3) is 2.66. The Morgan fingerprint density at radius 3 is 2.29 bits per heavy atom. The molecule has 0 radical (unpaired) electrons. The molecule has 0 aliphatic carbocycles. The normalized spacial score (nSPS) is 12.0. The summed E-state index contributed by atoms with van der Waals surface area (Å²) in [7, 11) is 1.97. The topological polar surface area (TPSA) is 4.93 Å². The zero-order valence-corrected chi connectivity index (χ0v) is 11.5. The summed E-state index contributed by atoms with van der Waals surface area (Å²) >= 11 is 0. The van der Waals surface area contributed by atoms with Crippen molar-refractivity contribution in [2.45, 2.75) is 12.6 Å². The number of para-hydroxylation sites is 1. The number of hydrogen-bond donors (Lipinski definition) is 0. The predicted octanol–water partition coefficient (Wildman–Crippen LogP) is 4.79. The Bertz CT molecular complexity index is 767. The van der Waals surface area contributed by atoms with Gasteiger partial charge in [-0.15, -0.1) is 0 Å². The average molecular weight is 289 g/mol. The molecule has 4 heteroatoms. The fourth-order valence-electron chi connectivity index (χ4n) is 2.60. The Labute approximate surface area is 120 Å². The van der Waals surface area contributed by atoms with E-state index in [4.69, 9.17) is 0 Å². The summed E-state index contributed by atoms with van der Waals surface area (Å²) < 4.78 is 39.7. The third-order valence-electron chi connectivity index (χ3n) is 3.66. The van der Waals surface area contributed by atoms with E-state index in [1.807, 2.05) is 42.1 Å². The lowest BCUT2D eigenvalue weighted by Crippen LogP contribution is -2.04. The molecule has 0 saturated heterocycles. The van der Waals surface area contributed by atoms with E-state index in [1.165, 1.54) is 0 Å². The number of benzene rings is 2. The third-order valence-corrected chi connectivity index (χ3v) is 3.66. The molecule has 1 heterocycles. The Balaban J connectivity index is 1.92. The van der Waals surface area contributed by atoms with E-state index < -0.39 is 11.7 Å². The maximum atomic E-state index is 12.6. The lowest BCUT2D eigenvalue weighted by atomic mass is 10.0. The summed E-state index contributed by atoms with van der Waals surface area (Å²) in [6, 6.07) is 13.4. The molecule has 3 rings (SSSR count). The maximum Gasteiger partial charge on any atom is 0.416 e. The van der Waals surface area contributed by atoms with Gasteiger partial charge in [0, 0.05) is 24.1 Å². The van der Waals surface area contributed by atoms with Gasteiger partial charge >= 0.3 is 6.18 Å². The summed E-state index contributed by atoms with van der Waals surface area (Å²) in [6.07, 6.45) is -1.63. The highest BCUT2D eigenvalue weighted by atomic mass is 19.4. The van der Waals surface area contributed by atoms with Crippen molar-refractivity contribution in [2.75, 3.05) is 0 Å². The Hall–Kier alpha value is -2.23. The van der Waals surface area contributed by atoms with E-state index in [0.29, 0.717) is 6.42 Å². The molecule has 0 aliphatic heterocycles. The first-order valence-electron chi connectivity index (χ1n) is 6.64. The zero-order chi connectivity index (χ0) is 15.0. The number of hydrogen-bond acceptors (Lipinski definition) is 0. The monoisotopic (exact) mass is 289 g/mol. The standard InChI is InChI=1S/C17H14F3N/c1-21-11-13(15-4-2-3-5-16(15)21)10-12-6-8-14(9-7-12)17(18,19)20/h2-9,11H,10H2,1H3. The highest BCUT2D eigenvalue weighted by molar-refractivity contribution is 5.84. The lowest BCUT2D eigenvalue weighted by Gasteiger charge is -2.07. The fourth-order valence-corrected chi connectivity index (χ4v) is 2.60. The van der Waals surface area contributed by atoms with Crippen LogP contribution < -0.4 is 0 Å². The van der Waals surface area contributed by atoms with Crippen LogP contribution in [0, 0.1) is 0 Å². The van der Waals surface area contributed by atoms with Crippen molar-refractivity contribution in [2.24, 2.45) is 7.05 Å². The van der Waals surface area contributed by atoms with Gasteiger partial charge in [-0.3, -0.25) is 0 Å². The molecule has 1 nitrogen and oxygen atoms in total. The predicted molar refractivity (Wildman–Crippen MR) is 77.2 cm³/mol. The van der Waals surface area contributed by atoms with Crippen LogP contribution in [0.3, 0.4) is 0 Å². The smallest absolute Gasteiger partial charge is 0.350 e. The Kier molecular flexibility index (Phi) is 3.24. The largest absolute Gasteiger partial charge is 0.416 e. The van der Waals surface area contributed by atoms with Crippen molar-refractivity contribution in [3.63, 3.8) is 0 Å². The second-order valence-electron chi connectivity index (χ2n) is 5.15. The Morgan fingerprint density at radius 2 is 1.62 bits per heavy atom. The number of aromatic nitrogens is 1. The minimum Gasteiger partial charge on any atom is -0.350 e. The summed E-state index contributed by atoms with van der Waals surface area (Å²) in [5.41, 5.74) is 2.51. The summed E-state index contributed by atoms with van der Waals surface area (Å²) in [6.45, 7) is 0. The van der Waals surface area contributed by atoms with Crippen LogP contribution in [0.15, 0.2) is 54.7 Å². The van der Waals surface area contributed by atoms with Gasteiger partial charge in [-0.05, 0) is 35.7 Å². The first-order valence-corrected chi connectivity index (χ1v) is 6.64. The molecule has 0 saturated carbocycles. The molecule has 2 aromatic carbocycles. The molecule has 3 aromatic rings. The van der Waals surface area contributed by atoms with Gasteiger partial charge in [0.15, 0.2) is 0 Å². The summed E-state index contributed by atoms with van der Waals surface area (Å²) in [4.78, 5) is 0. The van der Waals surface area contributed by atoms with E-state index in [9.17, 15) is 13.2 Å². The van der Waals surface area contributed by atoms with Gasteiger partial charge in [0.05, 0.1) is 5.56 Å². The van der Waals surface area contributed by atoms with Crippen molar-refractivity contribution in [1.82, 2.24) is 4.57 Å². The van der Waals surface area contributed by atoms with Gasteiger partial charge in [0.2, 0.25) is 0 Å². The van der Waals surface area contributed by atoms with Crippen LogP contribution in [0.1, 0.15) is 16.7 Å². The van der Waals surface area contributed by atoms with E-state index in [0.717, 1.165) is 34.2 Å². The molecule has 0 aliphatic rings. The SMILES string of the molecule is Cn1cc(Cc2ccc(C(F)(F)F)cc2)c2ccccc21. The highest BCUT2D eigenvalue weighted by Gasteiger charge is 2.29. The van der Waals surface area contributed by atoms with Crippen molar-refractivity contribution in [3.05, 3.63) is 71.4 Å². The molecule has 0 fully saturated rings. The molecule has 21 heavy (non-hydrogen) atoms. The van der Waals surface area contributed by atoms with Gasteiger partial charge in [0.25, 0.3) is 0 Å². The molecule has 0 N–H and O–H groups in total. The number of fused-ring (bicyclic) bond motifs is 1. The van der Waals surface area contributed by atoms with Gasteiger partial charge in [-0.2, -0.15) is 13.2 Å². The van der Waals surface area contributed by atoms with Gasteiger partial charge in [-0.1, -0.05) is 30.3 Å². The van der Waals surface area contributed by atoms with E-state index >= 15 is 0 Å². The van der Waals surface area contributed by atoms with Crippen molar-refractivity contribution < 1.29 is 13.2 Å². The second-order valence-corrected chi connectivity index (χ2v) is 5.15. The van der Waals surface area contributed by atoms with Gasteiger partial charge in [0.1, 0.15) is 0 Å². The van der Waals surface area contributed by atoms with Crippen LogP contribution in [0.25, 0.3) is 10.9 Å². The molecule has 0 spiro atoms. The molecule has 1 aromatic heterocycles. The average Bonchev–Trinajstić information content (AvgIpc) is 2.76. The van der Waals surface area contributed by atoms with E-state index in [-0.39, 0.29) is 0 Å². The zero-order valence-electron chi connectivity index (χ0n) is 11.5. The molecule has 0 bridgehead atoms. The van der Waals surface area contributed by atoms with Crippen molar-refractivity contribution in [3.8, 4) is 0 Å². The van der Waals surface area contributed by atoms with Crippen molar-refractivity contribution >= 4 is 10.9 Å². The highest BCUT2D eigenvalue weighted by Crippen LogP contribution is 2.30. The van der Waals surface area contributed by atoms with Gasteiger partial charge in [-0.25, -0.2) is 0 Å². The number of nitrogens with zero attached hydrogens (tertiary/aromatic N) is 1. The summed E-state index contributed by atoms with van der Waals surface area (Å²) in [5, 5.41) is 1.14. The molecular formula is C17H14F3N. The first-order chi connectivity index (χ1) is 9.95.